The van der Waals surface area contributed by atoms with E-state index in [2.05, 4.69) is 20.3 Å². The van der Waals surface area contributed by atoms with Gasteiger partial charge in [-0.2, -0.15) is 9.37 Å². The Kier molecular flexibility index (Phi) is 7.06. The maximum absolute atomic E-state index is 15.5. The van der Waals surface area contributed by atoms with Gasteiger partial charge in [0.15, 0.2) is 0 Å². The first-order valence-electron chi connectivity index (χ1n) is 11.9. The van der Waals surface area contributed by atoms with Crippen molar-refractivity contribution in [2.24, 2.45) is 4.99 Å². The molecule has 0 radical (unpaired) electrons. The van der Waals surface area contributed by atoms with E-state index in [4.69, 9.17) is 9.47 Å². The van der Waals surface area contributed by atoms with E-state index in [0.717, 1.165) is 29.6 Å². The van der Waals surface area contributed by atoms with E-state index in [9.17, 15) is 27.7 Å². The molecule has 2 saturated heterocycles. The van der Waals surface area contributed by atoms with Gasteiger partial charge in [-0.15, -0.1) is 4.99 Å². The number of methoxy groups -OCH3 is 1. The number of aromatic nitrogens is 2. The minimum absolute atomic E-state index is 0.0904. The zero-order chi connectivity index (χ0) is 29.8. The third-order valence-corrected chi connectivity index (χ3v) is 8.64. The van der Waals surface area contributed by atoms with Crippen LogP contribution in [-0.4, -0.2) is 77.8 Å². The topological polar surface area (TPSA) is 169 Å². The van der Waals surface area contributed by atoms with Crippen molar-refractivity contribution in [2.45, 2.75) is 44.1 Å². The first-order chi connectivity index (χ1) is 18.5. The molecule has 0 aliphatic carbocycles. The van der Waals surface area contributed by atoms with Crippen LogP contribution in [0.5, 0.6) is 5.88 Å². The van der Waals surface area contributed by atoms with Crippen LogP contribution < -0.4 is 15.0 Å². The number of nitrogens with one attached hydrogen (secondary N) is 1. The maximum atomic E-state index is 15.5. The Hall–Kier alpha value is -4.15. The number of non-ortho nitro benzene ring substituents is 1. The molecule has 216 valence electrons. The minimum Gasteiger partial charge on any atom is -0.479 e. The molecule has 2 aliphatic rings. The fourth-order valence-electron chi connectivity index (χ4n) is 4.59. The van der Waals surface area contributed by atoms with Gasteiger partial charge in [-0.25, -0.2) is 26.9 Å². The summed E-state index contributed by atoms with van der Waals surface area (Å²) in [6.07, 6.45) is -1.12. The highest BCUT2D eigenvalue weighted by Crippen LogP contribution is 2.43. The number of halogens is 2. The lowest BCUT2D eigenvalue weighted by atomic mass is 9.87. The number of nitro benzene ring substituents is 1. The number of guanidine groups is 1. The molecule has 4 rings (SSSR count). The number of rotatable bonds is 4. The number of hydrogen-bond acceptors (Lipinski definition) is 10. The van der Waals surface area contributed by atoms with Gasteiger partial charge in [-0.3, -0.25) is 10.1 Å². The molecule has 3 heterocycles. The second kappa shape index (κ2) is 9.79. The molecular formula is C23H27F2N7O7S. The van der Waals surface area contributed by atoms with Crippen LogP contribution in [0.1, 0.15) is 32.0 Å². The predicted molar refractivity (Wildman–Crippen MR) is 137 cm³/mol. The molecule has 1 N–H and O–H groups in total. The highest BCUT2D eigenvalue weighted by molar-refractivity contribution is 7.90. The number of ether oxygens (including phenoxy) is 2. The highest BCUT2D eigenvalue weighted by atomic mass is 32.2. The van der Waals surface area contributed by atoms with Crippen LogP contribution in [0.3, 0.4) is 0 Å². The first kappa shape index (κ1) is 28.8. The van der Waals surface area contributed by atoms with Gasteiger partial charge in [-0.1, -0.05) is 0 Å². The zero-order valence-corrected chi connectivity index (χ0v) is 23.2. The number of aryl methyl sites for hydroxylation is 1. The predicted octanol–water partition coefficient (Wildman–Crippen LogP) is 2.22. The highest BCUT2D eigenvalue weighted by Gasteiger charge is 2.61. The second-order valence-corrected chi connectivity index (χ2v) is 12.4. The largest absolute Gasteiger partial charge is 0.479 e. The molecule has 0 saturated carbocycles. The number of carbonyl (C=O) groups is 1. The monoisotopic (exact) mass is 583 g/mol. The average molecular weight is 584 g/mol. The number of aliphatic imine (C=N–C) groups is 1. The van der Waals surface area contributed by atoms with E-state index in [1.165, 1.54) is 18.9 Å². The van der Waals surface area contributed by atoms with Gasteiger partial charge in [-0.05, 0) is 33.8 Å². The molecule has 1 aromatic carbocycles. The number of amides is 1. The molecule has 2 aliphatic heterocycles. The van der Waals surface area contributed by atoms with E-state index >= 15 is 4.39 Å². The Morgan fingerprint density at radius 2 is 1.98 bits per heavy atom. The van der Waals surface area contributed by atoms with E-state index in [-0.39, 0.29) is 30.3 Å². The Bertz CT molecular complexity index is 1530. The van der Waals surface area contributed by atoms with Crippen LogP contribution in [0.25, 0.3) is 0 Å². The molecule has 2 aromatic rings. The van der Waals surface area contributed by atoms with Gasteiger partial charge in [0.2, 0.25) is 27.7 Å². The van der Waals surface area contributed by atoms with Crippen molar-refractivity contribution >= 4 is 33.7 Å². The van der Waals surface area contributed by atoms with E-state index < -0.39 is 66.6 Å². The summed E-state index contributed by atoms with van der Waals surface area (Å²) in [4.78, 5) is 36.6. The van der Waals surface area contributed by atoms with Gasteiger partial charge >= 0.3 is 6.09 Å². The molecule has 0 spiro atoms. The van der Waals surface area contributed by atoms with Crippen molar-refractivity contribution in [3.05, 3.63) is 51.2 Å². The molecule has 0 bridgehead atoms. The van der Waals surface area contributed by atoms with E-state index in [1.807, 2.05) is 0 Å². The number of nitro groups is 1. The van der Waals surface area contributed by atoms with Gasteiger partial charge in [0.1, 0.15) is 22.2 Å². The normalized spacial score (nSPS) is 23.0. The van der Waals surface area contributed by atoms with Crippen LogP contribution >= 0.6 is 0 Å². The third kappa shape index (κ3) is 4.96. The Labute approximate surface area is 228 Å². The fraction of sp³-hybridized carbons (Fsp3) is 0.478. The van der Waals surface area contributed by atoms with Gasteiger partial charge in [0, 0.05) is 37.8 Å². The van der Waals surface area contributed by atoms with Crippen molar-refractivity contribution in [1.82, 2.24) is 19.6 Å². The van der Waals surface area contributed by atoms with Crippen molar-refractivity contribution in [2.75, 3.05) is 32.1 Å². The molecule has 2 unspecified atom stereocenters. The maximum Gasteiger partial charge on any atom is 0.437 e. The fourth-order valence-corrected chi connectivity index (χ4v) is 6.44. The SMILES string of the molecule is COc1nc(N2CC3C(c4cc([N+](=O)[O-])ccc4F)(C2)N/C(=N\C(=O)OC(C)(C)C)N(C)S3(=O)=O)nc(C)c1F. The molecule has 2 atom stereocenters. The molecule has 1 amide bonds. The summed E-state index contributed by atoms with van der Waals surface area (Å²) in [5.41, 5.74) is -3.84. The van der Waals surface area contributed by atoms with Gasteiger partial charge in [0.05, 0.1) is 17.7 Å². The lowest BCUT2D eigenvalue weighted by molar-refractivity contribution is -0.385. The van der Waals surface area contributed by atoms with Crippen LogP contribution in [-0.2, 0) is 20.3 Å². The number of fused-ring (bicyclic) bond motifs is 1. The quantitative estimate of drug-likeness (QED) is 0.414. The summed E-state index contributed by atoms with van der Waals surface area (Å²) in [6.45, 7) is 5.41. The smallest absolute Gasteiger partial charge is 0.437 e. The summed E-state index contributed by atoms with van der Waals surface area (Å²) in [5, 5.41) is 12.9. The van der Waals surface area contributed by atoms with Crippen LogP contribution in [0.15, 0.2) is 23.2 Å². The molecule has 40 heavy (non-hydrogen) atoms. The second-order valence-electron chi connectivity index (χ2n) is 10.2. The van der Waals surface area contributed by atoms with Gasteiger partial charge in [0.25, 0.3) is 11.6 Å². The Balaban J connectivity index is 1.94. The molecular weight excluding hydrogens is 556 g/mol. The van der Waals surface area contributed by atoms with Crippen LogP contribution in [0, 0.1) is 28.7 Å². The van der Waals surface area contributed by atoms with Crippen molar-refractivity contribution in [3.8, 4) is 5.88 Å². The van der Waals surface area contributed by atoms with E-state index in [0.29, 0.717) is 0 Å². The summed E-state index contributed by atoms with van der Waals surface area (Å²) in [6, 6.07) is 2.70. The lowest BCUT2D eigenvalue weighted by Gasteiger charge is -2.44. The molecule has 2 fully saturated rings. The molecule has 14 nitrogen and oxygen atoms in total. The average Bonchev–Trinajstić information content (AvgIpc) is 3.24. The Morgan fingerprint density at radius 3 is 2.58 bits per heavy atom. The first-order valence-corrected chi connectivity index (χ1v) is 13.4. The summed E-state index contributed by atoms with van der Waals surface area (Å²) >= 11 is 0. The lowest BCUT2D eigenvalue weighted by Crippen LogP contribution is -2.67. The third-order valence-electron chi connectivity index (χ3n) is 6.43. The standard InChI is InChI=1S/C23H27F2N7O7S/c1-12-17(25)18(38-6)27-19(26-12)31-10-16-23(11-31,14-9-13(32(34)35)7-8-15(14)24)29-20(30(5)40(16,36)37)28-21(33)39-22(2,3)4/h7-9,16H,10-11H2,1-6H3,(H,28,29,33). The van der Waals surface area contributed by atoms with Crippen LogP contribution in [0.4, 0.5) is 25.2 Å². The van der Waals surface area contributed by atoms with E-state index in [1.54, 1.807) is 20.8 Å². The number of benzene rings is 1. The molecule has 17 heteroatoms. The number of anilines is 1. The summed E-state index contributed by atoms with van der Waals surface area (Å²) in [5.74, 6) is -2.78. The minimum atomic E-state index is -4.42. The number of carbonyl (C=O) groups excluding carboxylic acids is 1. The Morgan fingerprint density at radius 1 is 1.30 bits per heavy atom. The zero-order valence-electron chi connectivity index (χ0n) is 22.4. The number of hydrogen-bond donors (Lipinski definition) is 1. The van der Waals surface area contributed by atoms with Crippen molar-refractivity contribution in [1.29, 1.82) is 0 Å². The van der Waals surface area contributed by atoms with Crippen molar-refractivity contribution < 1.29 is 36.4 Å². The molecule has 1 aromatic heterocycles. The summed E-state index contributed by atoms with van der Waals surface area (Å²) in [7, 11) is -2.08. The van der Waals surface area contributed by atoms with Crippen molar-refractivity contribution in [3.63, 3.8) is 0 Å². The number of sulfonamides is 1. The van der Waals surface area contributed by atoms with Crippen LogP contribution in [0.2, 0.25) is 0 Å². The number of nitrogens with zero attached hydrogens (tertiary/aromatic N) is 6. The van der Waals surface area contributed by atoms with Gasteiger partial charge < -0.3 is 19.7 Å². The summed E-state index contributed by atoms with van der Waals surface area (Å²) < 4.78 is 68.4.